The number of alkyl halides is 2. The van der Waals surface area contributed by atoms with Crippen molar-refractivity contribution in [3.8, 4) is 16.2 Å². The van der Waals surface area contributed by atoms with Crippen LogP contribution in [0.15, 0.2) is 66.7 Å². The van der Waals surface area contributed by atoms with Crippen molar-refractivity contribution in [3.05, 3.63) is 93.5 Å². The second kappa shape index (κ2) is 18.7. The van der Waals surface area contributed by atoms with Crippen LogP contribution in [0.4, 0.5) is 25.0 Å². The number of carboxylic acids is 2. The molecule has 3 saturated heterocycles. The first kappa shape index (κ1) is 48.3. The third kappa shape index (κ3) is 10.0. The number of halogens is 3. The van der Waals surface area contributed by atoms with E-state index in [4.69, 9.17) is 21.4 Å². The third-order valence-electron chi connectivity index (χ3n) is 12.6. The number of thiophene rings is 1. The molecule has 360 valence electrons. The number of ether oxygens (including phenoxy) is 1. The number of benzene rings is 3. The Kier molecular flexibility index (Phi) is 13.3. The average Bonchev–Trinajstić information content (AvgIpc) is 3.77. The first-order valence-electron chi connectivity index (χ1n) is 21.7. The van der Waals surface area contributed by atoms with Crippen molar-refractivity contribution in [2.45, 2.75) is 81.0 Å². The molecule has 3 fully saturated rings. The van der Waals surface area contributed by atoms with Gasteiger partial charge in [0, 0.05) is 54.9 Å². The number of hydrogen-bond acceptors (Lipinski definition) is 11. The summed E-state index contributed by atoms with van der Waals surface area (Å²) in [5, 5.41) is 32.3. The molecule has 8 rings (SSSR count). The van der Waals surface area contributed by atoms with Gasteiger partial charge in [-0.05, 0) is 86.6 Å². The van der Waals surface area contributed by atoms with E-state index < -0.39 is 70.3 Å². The molecule has 5 heterocycles. The Labute approximate surface area is 398 Å². The zero-order valence-electron chi connectivity index (χ0n) is 37.1. The second-order valence-electron chi connectivity index (χ2n) is 17.9. The maximum atomic E-state index is 15.9. The van der Waals surface area contributed by atoms with Crippen LogP contribution in [0, 0.1) is 0 Å². The Bertz CT molecular complexity index is 2960. The lowest BCUT2D eigenvalue weighted by Gasteiger charge is -2.45. The number of aromatic nitrogens is 2. The number of likely N-dealkylation sites (tertiary alicyclic amines) is 1. The van der Waals surface area contributed by atoms with Gasteiger partial charge in [-0.3, -0.25) is 19.6 Å². The summed E-state index contributed by atoms with van der Waals surface area (Å²) >= 11 is 7.36. The number of urea groups is 1. The van der Waals surface area contributed by atoms with Crippen LogP contribution in [0.1, 0.15) is 84.3 Å². The number of amides is 4. The zero-order chi connectivity index (χ0) is 48.9. The number of nitrogens with zero attached hydrogens (tertiary/aromatic N) is 4. The van der Waals surface area contributed by atoms with Crippen LogP contribution in [0.2, 0.25) is 5.02 Å². The normalized spacial score (nSPS) is 20.7. The molecule has 68 heavy (non-hydrogen) atoms. The summed E-state index contributed by atoms with van der Waals surface area (Å²) in [6.45, 7) is 2.26. The number of aryl methyl sites for hydroxylation is 1. The maximum absolute atomic E-state index is 15.9. The van der Waals surface area contributed by atoms with Gasteiger partial charge < -0.3 is 30.5 Å². The zero-order valence-corrected chi connectivity index (χ0v) is 39.4. The highest BCUT2D eigenvalue weighted by atomic mass is 35.5. The van der Waals surface area contributed by atoms with Crippen LogP contribution in [0.25, 0.3) is 21.3 Å². The minimum Gasteiger partial charge on any atom is -0.479 e. The highest BCUT2D eigenvalue weighted by Gasteiger charge is 2.47. The number of carbonyl (C=O) groups is 5. The van der Waals surface area contributed by atoms with Crippen molar-refractivity contribution in [3.63, 3.8) is 0 Å². The van der Waals surface area contributed by atoms with E-state index in [9.17, 15) is 37.5 Å². The summed E-state index contributed by atoms with van der Waals surface area (Å²) in [5.41, 5.74) is 2.46. The van der Waals surface area contributed by atoms with E-state index >= 15 is 8.78 Å². The molecule has 0 saturated carbocycles. The Hall–Kier alpha value is -6.16. The second-order valence-corrected chi connectivity index (χ2v) is 21.2. The summed E-state index contributed by atoms with van der Waals surface area (Å²) in [4.78, 5) is 61.9. The molecule has 0 radical (unpaired) electrons. The Morgan fingerprint density at radius 1 is 1.00 bits per heavy atom. The van der Waals surface area contributed by atoms with Gasteiger partial charge in [-0.15, -0.1) is 11.3 Å². The summed E-state index contributed by atoms with van der Waals surface area (Å²) in [5.74, 6) is -9.15. The molecular weight excluding hydrogens is 948 g/mol. The summed E-state index contributed by atoms with van der Waals surface area (Å²) in [6.07, 6.45) is 1.31. The number of imide groups is 1. The fraction of sp³-hybridized carbons (Fsp3) is 0.391. The maximum Gasteiger partial charge on any atom is 0.349 e. The monoisotopic (exact) mass is 995 g/mol. The van der Waals surface area contributed by atoms with Crippen molar-refractivity contribution in [2.24, 2.45) is 7.05 Å². The molecule has 3 aliphatic rings. The number of nitrogens with one attached hydrogen (secondary N) is 3. The highest BCUT2D eigenvalue weighted by Crippen LogP contribution is 2.47. The Morgan fingerprint density at radius 2 is 1.75 bits per heavy atom. The largest absolute Gasteiger partial charge is 0.479 e. The van der Waals surface area contributed by atoms with Gasteiger partial charge in [0.15, 0.2) is 17.2 Å². The van der Waals surface area contributed by atoms with Crippen LogP contribution in [0.5, 0.6) is 5.75 Å². The third-order valence-corrected chi connectivity index (χ3v) is 16.3. The van der Waals surface area contributed by atoms with Gasteiger partial charge in [-0.2, -0.15) is 9.40 Å². The molecule has 2 unspecified atom stereocenters. The minimum atomic E-state index is -3.91. The summed E-state index contributed by atoms with van der Waals surface area (Å²) in [6, 6.07) is 17.4. The van der Waals surface area contributed by atoms with Crippen LogP contribution in [0.3, 0.4) is 0 Å². The average molecular weight is 997 g/mol. The molecule has 22 heteroatoms. The fourth-order valence-electron chi connectivity index (χ4n) is 9.48. The SMILES string of the molecule is Cn1nc(C2CCC(=O)NC2=O)c2ccc(C3CCN(C(=O)Nc4cccc(CS(=O)(=O)N5CC[C@@H](Nc6cccc(-c7sc(C(=O)O)c(OCC(=O)O)c7Cl)c6)CC5(C)C)c4)CC3(F)F)cc21. The first-order chi connectivity index (χ1) is 32.1. The molecule has 0 aliphatic carbocycles. The van der Waals surface area contributed by atoms with Crippen LogP contribution in [-0.2, 0) is 37.2 Å². The number of rotatable bonds is 13. The van der Waals surface area contributed by atoms with Gasteiger partial charge in [0.25, 0.3) is 5.92 Å². The summed E-state index contributed by atoms with van der Waals surface area (Å²) < 4.78 is 68.1. The van der Waals surface area contributed by atoms with Gasteiger partial charge in [-0.1, -0.05) is 48.0 Å². The molecule has 3 aliphatic heterocycles. The van der Waals surface area contributed by atoms with Crippen molar-refractivity contribution in [1.29, 1.82) is 0 Å². The number of anilines is 2. The number of hydrogen-bond donors (Lipinski definition) is 5. The Balaban J connectivity index is 0.876. The molecule has 0 spiro atoms. The summed E-state index contributed by atoms with van der Waals surface area (Å²) in [7, 11) is -2.24. The van der Waals surface area contributed by atoms with E-state index in [0.717, 1.165) is 16.2 Å². The molecule has 17 nitrogen and oxygen atoms in total. The predicted molar refractivity (Wildman–Crippen MR) is 250 cm³/mol. The lowest BCUT2D eigenvalue weighted by molar-refractivity contribution is -0.139. The lowest BCUT2D eigenvalue weighted by Crippen LogP contribution is -2.55. The van der Waals surface area contributed by atoms with E-state index in [1.807, 2.05) is 19.9 Å². The molecule has 0 bridgehead atoms. The molecule has 2 aromatic heterocycles. The molecule has 5 aromatic rings. The van der Waals surface area contributed by atoms with Crippen LogP contribution < -0.4 is 20.7 Å². The van der Waals surface area contributed by atoms with Crippen molar-refractivity contribution >= 4 is 85.0 Å². The number of carboxylic acid groups (broad SMARTS) is 2. The van der Waals surface area contributed by atoms with Gasteiger partial charge in [0.2, 0.25) is 21.8 Å². The van der Waals surface area contributed by atoms with E-state index in [1.54, 1.807) is 61.6 Å². The first-order valence-corrected chi connectivity index (χ1v) is 24.5. The van der Waals surface area contributed by atoms with Gasteiger partial charge in [0.05, 0.1) is 40.2 Å². The smallest absolute Gasteiger partial charge is 0.349 e. The standard InChI is InChI=1S/C46H48ClF2N7O10S2/c1-45(2)21-30(50-29-9-5-7-27(19-29)40-37(47)39(66-22-36(58)59)41(67-40)43(61)62)14-17-56(45)68(64,65)23-25-6-4-8-28(18-25)51-44(63)55-16-15-33(46(48,49)24-55)26-10-11-31-34(20-26)54(3)53-38(31)32-12-13-35(57)52-42(32)60/h4-11,18-20,30,32-33,50H,12-17,21-24H2,1-3H3,(H,51,63)(H,58,59)(H,61,62)(H,52,57,60)/t30-,32?,33?/m1/s1. The van der Waals surface area contributed by atoms with Gasteiger partial charge in [-0.25, -0.2) is 31.6 Å². The highest BCUT2D eigenvalue weighted by molar-refractivity contribution is 7.88. The molecular formula is C46H48ClF2N7O10S2. The Morgan fingerprint density at radius 3 is 2.46 bits per heavy atom. The van der Waals surface area contributed by atoms with E-state index in [2.05, 4.69) is 21.0 Å². The van der Waals surface area contributed by atoms with E-state index in [0.29, 0.717) is 63.1 Å². The van der Waals surface area contributed by atoms with E-state index in [1.165, 1.54) is 15.1 Å². The quantitative estimate of drug-likeness (QED) is 0.0724. The predicted octanol–water partition coefficient (Wildman–Crippen LogP) is 7.48. The fourth-order valence-corrected chi connectivity index (χ4v) is 12.8. The topological polar surface area (TPSA) is 230 Å². The number of aromatic carboxylic acids is 1. The number of sulfonamides is 1. The van der Waals surface area contributed by atoms with Crippen molar-refractivity contribution < 1.29 is 56.1 Å². The minimum absolute atomic E-state index is 0.0257. The van der Waals surface area contributed by atoms with Crippen LogP contribution in [-0.4, -0.2) is 111 Å². The molecule has 3 aromatic carbocycles. The molecule has 4 amide bonds. The van der Waals surface area contributed by atoms with Gasteiger partial charge >= 0.3 is 18.0 Å². The number of carbonyl (C=O) groups excluding carboxylic acids is 3. The lowest BCUT2D eigenvalue weighted by atomic mass is 9.85. The number of aliphatic carboxylic acids is 1. The van der Waals surface area contributed by atoms with Crippen molar-refractivity contribution in [1.82, 2.24) is 24.3 Å². The number of fused-ring (bicyclic) bond motifs is 1. The molecule has 5 N–H and O–H groups in total. The molecule has 3 atom stereocenters. The van der Waals surface area contributed by atoms with Crippen LogP contribution >= 0.6 is 22.9 Å². The van der Waals surface area contributed by atoms with Gasteiger partial charge in [0.1, 0.15) is 5.02 Å². The van der Waals surface area contributed by atoms with E-state index in [-0.39, 0.29) is 65.0 Å². The number of piperidine rings is 3. The van der Waals surface area contributed by atoms with Crippen molar-refractivity contribution in [2.75, 3.05) is 36.9 Å².